The van der Waals surface area contributed by atoms with Crippen LogP contribution in [-0.2, 0) is 4.74 Å². The van der Waals surface area contributed by atoms with Gasteiger partial charge < -0.3 is 15.2 Å². The predicted molar refractivity (Wildman–Crippen MR) is 55.2 cm³/mol. The number of hydrogen-bond donors (Lipinski definition) is 2. The molecule has 1 heterocycles. The summed E-state index contributed by atoms with van der Waals surface area (Å²) in [6.45, 7) is 3.95. The maximum absolute atomic E-state index is 9.71. The fourth-order valence-electron chi connectivity index (χ4n) is 2.54. The molecule has 2 aliphatic rings. The Morgan fingerprint density at radius 2 is 2.07 bits per heavy atom. The Bertz CT molecular complexity index is 186. The van der Waals surface area contributed by atoms with Gasteiger partial charge in [-0.25, -0.2) is 0 Å². The quantitative estimate of drug-likeness (QED) is 0.694. The molecule has 4 unspecified atom stereocenters. The van der Waals surface area contributed by atoms with Crippen molar-refractivity contribution in [2.24, 2.45) is 5.92 Å². The standard InChI is InChI=1S/C11H21NO2/c1-8-7-14-6-5-9(8)12-10-3-2-4-11(10)13/h8-13H,2-7H2,1H3. The first-order valence-corrected chi connectivity index (χ1v) is 5.79. The third-order valence-electron chi connectivity index (χ3n) is 3.55. The van der Waals surface area contributed by atoms with Gasteiger partial charge in [-0.3, -0.25) is 0 Å². The summed E-state index contributed by atoms with van der Waals surface area (Å²) in [5, 5.41) is 13.3. The van der Waals surface area contributed by atoms with Gasteiger partial charge in [-0.05, 0) is 31.6 Å². The molecule has 4 atom stereocenters. The van der Waals surface area contributed by atoms with Crippen molar-refractivity contribution in [3.63, 3.8) is 0 Å². The molecule has 82 valence electrons. The third kappa shape index (κ3) is 2.27. The van der Waals surface area contributed by atoms with Crippen molar-refractivity contribution in [1.82, 2.24) is 5.32 Å². The maximum Gasteiger partial charge on any atom is 0.0693 e. The van der Waals surface area contributed by atoms with Gasteiger partial charge in [0.25, 0.3) is 0 Å². The van der Waals surface area contributed by atoms with E-state index in [1.54, 1.807) is 0 Å². The Kier molecular flexibility index (Phi) is 3.42. The SMILES string of the molecule is CC1COCCC1NC1CCCC1O. The molecule has 1 saturated heterocycles. The summed E-state index contributed by atoms with van der Waals surface area (Å²) in [6.07, 6.45) is 4.23. The summed E-state index contributed by atoms with van der Waals surface area (Å²) >= 11 is 0. The Balaban J connectivity index is 1.83. The van der Waals surface area contributed by atoms with Crippen LogP contribution in [0.1, 0.15) is 32.6 Å². The van der Waals surface area contributed by atoms with Gasteiger partial charge in [0.2, 0.25) is 0 Å². The molecule has 0 spiro atoms. The lowest BCUT2D eigenvalue weighted by Gasteiger charge is -2.33. The predicted octanol–water partition coefficient (Wildman–Crippen LogP) is 0.914. The van der Waals surface area contributed by atoms with E-state index in [4.69, 9.17) is 4.74 Å². The minimum atomic E-state index is -0.120. The number of aliphatic hydroxyl groups excluding tert-OH is 1. The zero-order chi connectivity index (χ0) is 9.97. The van der Waals surface area contributed by atoms with Crippen molar-refractivity contribution in [2.75, 3.05) is 13.2 Å². The molecule has 1 saturated carbocycles. The average molecular weight is 199 g/mol. The van der Waals surface area contributed by atoms with E-state index in [0.717, 1.165) is 38.9 Å². The van der Waals surface area contributed by atoms with Crippen LogP contribution in [0, 0.1) is 5.92 Å². The largest absolute Gasteiger partial charge is 0.392 e. The molecule has 2 fully saturated rings. The summed E-state index contributed by atoms with van der Waals surface area (Å²) in [5.74, 6) is 0.580. The fraction of sp³-hybridized carbons (Fsp3) is 1.00. The smallest absolute Gasteiger partial charge is 0.0693 e. The Morgan fingerprint density at radius 3 is 2.71 bits per heavy atom. The van der Waals surface area contributed by atoms with Crippen LogP contribution in [-0.4, -0.2) is 36.5 Å². The molecule has 0 aromatic rings. The van der Waals surface area contributed by atoms with Crippen LogP contribution in [0.2, 0.25) is 0 Å². The molecule has 0 radical (unpaired) electrons. The van der Waals surface area contributed by atoms with E-state index in [0.29, 0.717) is 18.0 Å². The molecule has 0 aromatic heterocycles. The van der Waals surface area contributed by atoms with E-state index >= 15 is 0 Å². The van der Waals surface area contributed by atoms with E-state index in [2.05, 4.69) is 12.2 Å². The van der Waals surface area contributed by atoms with Crippen molar-refractivity contribution in [1.29, 1.82) is 0 Å². The van der Waals surface area contributed by atoms with Gasteiger partial charge in [0.05, 0.1) is 12.7 Å². The van der Waals surface area contributed by atoms with Crippen LogP contribution in [0.3, 0.4) is 0 Å². The van der Waals surface area contributed by atoms with E-state index in [-0.39, 0.29) is 6.10 Å². The molecule has 2 rings (SSSR count). The zero-order valence-electron chi connectivity index (χ0n) is 8.91. The van der Waals surface area contributed by atoms with Gasteiger partial charge in [-0.1, -0.05) is 6.92 Å². The highest BCUT2D eigenvalue weighted by Gasteiger charge is 2.30. The first-order chi connectivity index (χ1) is 6.77. The van der Waals surface area contributed by atoms with Gasteiger partial charge in [-0.2, -0.15) is 0 Å². The highest BCUT2D eigenvalue weighted by molar-refractivity contribution is 4.88. The van der Waals surface area contributed by atoms with Crippen LogP contribution in [0.5, 0.6) is 0 Å². The van der Waals surface area contributed by atoms with Crippen molar-refractivity contribution in [3.05, 3.63) is 0 Å². The fourth-order valence-corrected chi connectivity index (χ4v) is 2.54. The minimum Gasteiger partial charge on any atom is -0.392 e. The maximum atomic E-state index is 9.71. The van der Waals surface area contributed by atoms with E-state index in [9.17, 15) is 5.11 Å². The number of hydrogen-bond acceptors (Lipinski definition) is 3. The van der Waals surface area contributed by atoms with Crippen molar-refractivity contribution in [3.8, 4) is 0 Å². The Hall–Kier alpha value is -0.120. The molecule has 1 aliphatic heterocycles. The summed E-state index contributed by atoms with van der Waals surface area (Å²) in [6, 6.07) is 0.877. The first kappa shape index (κ1) is 10.4. The summed E-state index contributed by atoms with van der Waals surface area (Å²) in [7, 11) is 0. The molecule has 2 N–H and O–H groups in total. The second-order valence-electron chi connectivity index (χ2n) is 4.72. The van der Waals surface area contributed by atoms with Gasteiger partial charge in [0.15, 0.2) is 0 Å². The Labute approximate surface area is 85.8 Å². The average Bonchev–Trinajstić information content (AvgIpc) is 2.56. The number of aliphatic hydroxyl groups is 1. The molecule has 3 nitrogen and oxygen atoms in total. The minimum absolute atomic E-state index is 0.120. The highest BCUT2D eigenvalue weighted by atomic mass is 16.5. The number of nitrogens with one attached hydrogen (secondary N) is 1. The molecule has 1 aliphatic carbocycles. The lowest BCUT2D eigenvalue weighted by atomic mass is 9.96. The monoisotopic (exact) mass is 199 g/mol. The summed E-state index contributed by atoms with van der Waals surface area (Å²) in [4.78, 5) is 0. The third-order valence-corrected chi connectivity index (χ3v) is 3.55. The van der Waals surface area contributed by atoms with Crippen molar-refractivity contribution < 1.29 is 9.84 Å². The van der Waals surface area contributed by atoms with Gasteiger partial charge in [0, 0.05) is 18.7 Å². The molecular weight excluding hydrogens is 178 g/mol. The molecule has 3 heteroatoms. The normalized spacial score (nSPS) is 44.1. The first-order valence-electron chi connectivity index (χ1n) is 5.79. The van der Waals surface area contributed by atoms with Gasteiger partial charge >= 0.3 is 0 Å². The Morgan fingerprint density at radius 1 is 1.21 bits per heavy atom. The summed E-state index contributed by atoms with van der Waals surface area (Å²) in [5.41, 5.74) is 0. The van der Waals surface area contributed by atoms with Crippen LogP contribution in [0.25, 0.3) is 0 Å². The molecular formula is C11H21NO2. The van der Waals surface area contributed by atoms with E-state index < -0.39 is 0 Å². The topological polar surface area (TPSA) is 41.5 Å². The van der Waals surface area contributed by atoms with E-state index in [1.165, 1.54) is 0 Å². The zero-order valence-corrected chi connectivity index (χ0v) is 8.91. The van der Waals surface area contributed by atoms with Gasteiger partial charge in [-0.15, -0.1) is 0 Å². The van der Waals surface area contributed by atoms with Crippen molar-refractivity contribution >= 4 is 0 Å². The second kappa shape index (κ2) is 4.60. The molecule has 0 bridgehead atoms. The van der Waals surface area contributed by atoms with Crippen molar-refractivity contribution in [2.45, 2.75) is 50.8 Å². The van der Waals surface area contributed by atoms with Gasteiger partial charge in [0.1, 0.15) is 0 Å². The second-order valence-corrected chi connectivity index (χ2v) is 4.72. The van der Waals surface area contributed by atoms with Crippen LogP contribution < -0.4 is 5.32 Å². The van der Waals surface area contributed by atoms with E-state index in [1.807, 2.05) is 0 Å². The highest BCUT2D eigenvalue weighted by Crippen LogP contribution is 2.22. The lowest BCUT2D eigenvalue weighted by molar-refractivity contribution is 0.0291. The molecule has 0 aromatic carbocycles. The number of ether oxygens (including phenoxy) is 1. The van der Waals surface area contributed by atoms with Crippen LogP contribution in [0.4, 0.5) is 0 Å². The van der Waals surface area contributed by atoms with Crippen LogP contribution >= 0.6 is 0 Å². The van der Waals surface area contributed by atoms with Crippen LogP contribution in [0.15, 0.2) is 0 Å². The summed E-state index contributed by atoms with van der Waals surface area (Å²) < 4.78 is 5.40. The molecule has 0 amide bonds. The number of rotatable bonds is 2. The lowest BCUT2D eigenvalue weighted by Crippen LogP contribution is -2.48. The molecule has 14 heavy (non-hydrogen) atoms.